The summed E-state index contributed by atoms with van der Waals surface area (Å²) in [6.07, 6.45) is 5.29. The number of halogens is 1. The standard InChI is InChI=1S/C20H15FN8/c21-12-4-5-14-13(9-12)17(15-3-1-2-7-22-15)16(29-28-14)6-8-23-19-18-20(25-10-24-18)27-11-26-19/h1-5,7,9-11H,6,8H2,(H2,23,24,25,26,27). The third-order valence-electron chi connectivity index (χ3n) is 4.59. The first-order valence-corrected chi connectivity index (χ1v) is 9.04. The molecule has 0 fully saturated rings. The lowest BCUT2D eigenvalue weighted by atomic mass is 10.0. The van der Waals surface area contributed by atoms with E-state index >= 15 is 0 Å². The van der Waals surface area contributed by atoms with E-state index in [2.05, 4.69) is 40.4 Å². The normalized spacial score (nSPS) is 11.2. The molecule has 0 aliphatic carbocycles. The molecule has 5 aromatic rings. The Morgan fingerprint density at radius 2 is 1.97 bits per heavy atom. The van der Waals surface area contributed by atoms with Crippen LogP contribution < -0.4 is 5.32 Å². The lowest BCUT2D eigenvalue weighted by Gasteiger charge is -2.12. The molecule has 2 N–H and O–H groups in total. The summed E-state index contributed by atoms with van der Waals surface area (Å²) < 4.78 is 14.0. The molecule has 5 rings (SSSR count). The fourth-order valence-corrected chi connectivity index (χ4v) is 3.29. The minimum atomic E-state index is -0.325. The van der Waals surface area contributed by atoms with E-state index < -0.39 is 0 Å². The largest absolute Gasteiger partial charge is 0.368 e. The lowest BCUT2D eigenvalue weighted by molar-refractivity contribution is 0.629. The van der Waals surface area contributed by atoms with Gasteiger partial charge in [-0.2, -0.15) is 10.2 Å². The smallest absolute Gasteiger partial charge is 0.182 e. The number of fused-ring (bicyclic) bond motifs is 2. The molecule has 0 bridgehead atoms. The van der Waals surface area contributed by atoms with Crippen LogP contribution in [0.3, 0.4) is 0 Å². The van der Waals surface area contributed by atoms with Gasteiger partial charge in [-0.05, 0) is 30.3 Å². The van der Waals surface area contributed by atoms with Crippen molar-refractivity contribution in [1.82, 2.24) is 35.1 Å². The van der Waals surface area contributed by atoms with E-state index in [0.717, 1.165) is 22.5 Å². The number of hydrogen-bond acceptors (Lipinski definition) is 7. The molecule has 4 heterocycles. The number of nitrogens with zero attached hydrogens (tertiary/aromatic N) is 6. The molecule has 4 aromatic heterocycles. The van der Waals surface area contributed by atoms with Gasteiger partial charge >= 0.3 is 0 Å². The second kappa shape index (κ2) is 7.19. The van der Waals surface area contributed by atoms with E-state index in [0.29, 0.717) is 35.3 Å². The van der Waals surface area contributed by atoms with E-state index in [1.807, 2.05) is 18.2 Å². The quantitative estimate of drug-likeness (QED) is 0.478. The Kier molecular flexibility index (Phi) is 4.24. The fourth-order valence-electron chi connectivity index (χ4n) is 3.29. The Morgan fingerprint density at radius 3 is 2.86 bits per heavy atom. The van der Waals surface area contributed by atoms with E-state index in [9.17, 15) is 4.39 Å². The Hall–Kier alpha value is -4.01. The predicted octanol–water partition coefficient (Wildman–Crippen LogP) is 3.15. The highest BCUT2D eigenvalue weighted by molar-refractivity contribution is 5.94. The summed E-state index contributed by atoms with van der Waals surface area (Å²) in [5.41, 5.74) is 4.20. The van der Waals surface area contributed by atoms with Gasteiger partial charge in [0, 0.05) is 30.1 Å². The first-order chi connectivity index (χ1) is 14.3. The topological polar surface area (TPSA) is 105 Å². The first-order valence-electron chi connectivity index (χ1n) is 9.04. The third-order valence-corrected chi connectivity index (χ3v) is 4.59. The van der Waals surface area contributed by atoms with E-state index in [1.165, 1.54) is 18.5 Å². The molecule has 0 amide bonds. The summed E-state index contributed by atoms with van der Waals surface area (Å²) in [4.78, 5) is 20.0. The van der Waals surface area contributed by atoms with Crippen molar-refractivity contribution in [2.75, 3.05) is 11.9 Å². The summed E-state index contributed by atoms with van der Waals surface area (Å²) in [6.45, 7) is 0.542. The Bertz CT molecular complexity index is 1300. The molecule has 0 saturated heterocycles. The summed E-state index contributed by atoms with van der Waals surface area (Å²) in [6, 6.07) is 10.1. The maximum atomic E-state index is 14.0. The van der Waals surface area contributed by atoms with Gasteiger partial charge in [-0.15, -0.1) is 0 Å². The van der Waals surface area contributed by atoms with Gasteiger partial charge in [-0.3, -0.25) is 4.98 Å². The summed E-state index contributed by atoms with van der Waals surface area (Å²) in [5, 5.41) is 12.6. The summed E-state index contributed by atoms with van der Waals surface area (Å²) in [7, 11) is 0. The molecule has 0 spiro atoms. The van der Waals surface area contributed by atoms with Gasteiger partial charge in [0.1, 0.15) is 17.7 Å². The monoisotopic (exact) mass is 386 g/mol. The molecule has 142 valence electrons. The summed E-state index contributed by atoms with van der Waals surface area (Å²) in [5.74, 6) is 0.334. The average Bonchev–Trinajstić information content (AvgIpc) is 3.24. The minimum absolute atomic E-state index is 0.325. The van der Waals surface area contributed by atoms with Crippen molar-refractivity contribution in [1.29, 1.82) is 0 Å². The summed E-state index contributed by atoms with van der Waals surface area (Å²) >= 11 is 0. The second-order valence-electron chi connectivity index (χ2n) is 6.40. The van der Waals surface area contributed by atoms with Crippen molar-refractivity contribution in [2.45, 2.75) is 6.42 Å². The molecular formula is C20H15FN8. The number of anilines is 1. The average molecular weight is 386 g/mol. The number of H-pyrrole nitrogens is 1. The molecular weight excluding hydrogens is 371 g/mol. The molecule has 9 heteroatoms. The Balaban J connectivity index is 1.50. The van der Waals surface area contributed by atoms with Crippen LogP contribution in [0, 0.1) is 5.82 Å². The SMILES string of the molecule is Fc1ccc2nnc(CCNc3ncnc4nc[nH]c34)c(-c3ccccn3)c2c1. The van der Waals surface area contributed by atoms with E-state index in [4.69, 9.17) is 0 Å². The van der Waals surface area contributed by atoms with Crippen molar-refractivity contribution in [3.8, 4) is 11.3 Å². The zero-order valence-electron chi connectivity index (χ0n) is 15.2. The highest BCUT2D eigenvalue weighted by atomic mass is 19.1. The van der Waals surface area contributed by atoms with Crippen LogP contribution in [0.15, 0.2) is 55.2 Å². The number of aromatic nitrogens is 7. The number of hydrogen-bond donors (Lipinski definition) is 2. The van der Waals surface area contributed by atoms with E-state index in [1.54, 1.807) is 18.6 Å². The molecule has 0 unspecified atom stereocenters. The number of nitrogens with one attached hydrogen (secondary N) is 2. The van der Waals surface area contributed by atoms with Crippen LogP contribution in [0.1, 0.15) is 5.69 Å². The molecule has 29 heavy (non-hydrogen) atoms. The Labute approximate surface area is 164 Å². The maximum Gasteiger partial charge on any atom is 0.182 e. The number of benzene rings is 1. The zero-order valence-corrected chi connectivity index (χ0v) is 15.2. The van der Waals surface area contributed by atoms with Gasteiger partial charge in [-0.1, -0.05) is 6.07 Å². The molecule has 1 aromatic carbocycles. The molecule has 0 aliphatic heterocycles. The number of imidazole rings is 1. The van der Waals surface area contributed by atoms with Gasteiger partial charge in [-0.25, -0.2) is 19.3 Å². The highest BCUT2D eigenvalue weighted by Crippen LogP contribution is 2.29. The number of pyridine rings is 1. The van der Waals surface area contributed by atoms with Crippen molar-refractivity contribution in [3.05, 3.63) is 66.8 Å². The molecule has 0 aliphatic rings. The maximum absolute atomic E-state index is 14.0. The fraction of sp³-hybridized carbons (Fsp3) is 0.100. The van der Waals surface area contributed by atoms with Crippen molar-refractivity contribution < 1.29 is 4.39 Å². The second-order valence-corrected chi connectivity index (χ2v) is 6.40. The third kappa shape index (κ3) is 3.22. The van der Waals surface area contributed by atoms with Crippen LogP contribution >= 0.6 is 0 Å². The van der Waals surface area contributed by atoms with Gasteiger partial charge < -0.3 is 10.3 Å². The van der Waals surface area contributed by atoms with Crippen LogP contribution in [-0.2, 0) is 6.42 Å². The zero-order chi connectivity index (χ0) is 19.6. The predicted molar refractivity (Wildman–Crippen MR) is 107 cm³/mol. The Morgan fingerprint density at radius 1 is 1.00 bits per heavy atom. The van der Waals surface area contributed by atoms with Crippen molar-refractivity contribution in [2.24, 2.45) is 0 Å². The van der Waals surface area contributed by atoms with Crippen LogP contribution in [0.4, 0.5) is 10.2 Å². The van der Waals surface area contributed by atoms with Gasteiger partial charge in [0.15, 0.2) is 11.5 Å². The van der Waals surface area contributed by atoms with Crippen LogP contribution in [0.25, 0.3) is 33.3 Å². The highest BCUT2D eigenvalue weighted by Gasteiger charge is 2.15. The van der Waals surface area contributed by atoms with Crippen LogP contribution in [0.2, 0.25) is 0 Å². The van der Waals surface area contributed by atoms with Crippen molar-refractivity contribution in [3.63, 3.8) is 0 Å². The molecule has 0 saturated carbocycles. The molecule has 0 radical (unpaired) electrons. The van der Waals surface area contributed by atoms with Crippen molar-refractivity contribution >= 4 is 27.9 Å². The van der Waals surface area contributed by atoms with Gasteiger partial charge in [0.25, 0.3) is 0 Å². The first kappa shape index (κ1) is 17.1. The number of aromatic amines is 1. The minimum Gasteiger partial charge on any atom is -0.368 e. The van der Waals surface area contributed by atoms with Crippen LogP contribution in [-0.4, -0.2) is 41.7 Å². The van der Waals surface area contributed by atoms with Crippen LogP contribution in [0.5, 0.6) is 0 Å². The van der Waals surface area contributed by atoms with E-state index in [-0.39, 0.29) is 5.82 Å². The van der Waals surface area contributed by atoms with Gasteiger partial charge in [0.2, 0.25) is 0 Å². The molecule has 8 nitrogen and oxygen atoms in total. The lowest BCUT2D eigenvalue weighted by Crippen LogP contribution is -2.10. The van der Waals surface area contributed by atoms with Gasteiger partial charge in [0.05, 0.1) is 23.2 Å². The number of rotatable bonds is 5. The molecule has 0 atom stereocenters.